The fourth-order valence-corrected chi connectivity index (χ4v) is 3.10. The summed E-state index contributed by atoms with van der Waals surface area (Å²) in [7, 11) is 3.66. The number of methoxy groups -OCH3 is 1. The highest BCUT2D eigenvalue weighted by atomic mass is 32.1. The molecule has 1 aromatic carbocycles. The van der Waals surface area contributed by atoms with Crippen molar-refractivity contribution in [1.29, 1.82) is 0 Å². The van der Waals surface area contributed by atoms with Crippen molar-refractivity contribution in [2.45, 2.75) is 26.4 Å². The second kappa shape index (κ2) is 8.08. The maximum absolute atomic E-state index is 11.8. The Morgan fingerprint density at radius 1 is 1.35 bits per heavy atom. The molecule has 0 saturated heterocycles. The Labute approximate surface area is 141 Å². The summed E-state index contributed by atoms with van der Waals surface area (Å²) >= 11 is 1.62. The lowest BCUT2D eigenvalue weighted by molar-refractivity contribution is -0.885. The van der Waals surface area contributed by atoms with Crippen LogP contribution < -0.4 is 15.0 Å². The van der Waals surface area contributed by atoms with E-state index in [1.165, 1.54) is 0 Å². The Kier molecular flexibility index (Phi) is 6.12. The first kappa shape index (κ1) is 17.4. The first-order valence-electron chi connectivity index (χ1n) is 7.67. The van der Waals surface area contributed by atoms with Crippen molar-refractivity contribution in [2.24, 2.45) is 0 Å². The van der Waals surface area contributed by atoms with Crippen molar-refractivity contribution in [3.8, 4) is 16.3 Å². The van der Waals surface area contributed by atoms with E-state index in [9.17, 15) is 4.79 Å². The molecule has 1 heterocycles. The lowest BCUT2D eigenvalue weighted by atomic mass is 10.2. The summed E-state index contributed by atoms with van der Waals surface area (Å²) in [6.45, 7) is 5.12. The van der Waals surface area contributed by atoms with Crippen molar-refractivity contribution in [2.75, 3.05) is 20.7 Å². The van der Waals surface area contributed by atoms with E-state index < -0.39 is 0 Å². The molecular formula is C17H24N3O2S+. The van der Waals surface area contributed by atoms with Gasteiger partial charge >= 0.3 is 0 Å². The number of benzene rings is 1. The summed E-state index contributed by atoms with van der Waals surface area (Å²) in [5.74, 6) is 0.911. The summed E-state index contributed by atoms with van der Waals surface area (Å²) in [4.78, 5) is 17.6. The number of carbonyl (C=O) groups is 1. The molecule has 1 unspecified atom stereocenters. The molecule has 2 rings (SSSR count). The third kappa shape index (κ3) is 5.33. The highest BCUT2D eigenvalue weighted by Gasteiger charge is 2.13. The van der Waals surface area contributed by atoms with Crippen molar-refractivity contribution in [3.63, 3.8) is 0 Å². The van der Waals surface area contributed by atoms with Crippen LogP contribution in [0, 0.1) is 0 Å². The van der Waals surface area contributed by atoms with Crippen LogP contribution in [0.1, 0.15) is 19.5 Å². The van der Waals surface area contributed by atoms with E-state index in [1.54, 1.807) is 18.4 Å². The van der Waals surface area contributed by atoms with Crippen LogP contribution in [0.3, 0.4) is 0 Å². The van der Waals surface area contributed by atoms with Crippen molar-refractivity contribution < 1.29 is 14.4 Å². The topological polar surface area (TPSA) is 55.7 Å². The standard InChI is InChI=1S/C17H23N3O2S/c1-12(2)18-16(21)10-20(3)9-14-11-23-17(19-14)13-5-7-15(22-4)8-6-13/h5-8,11-12H,9-10H2,1-4H3,(H,18,21)/p+1. The first-order valence-corrected chi connectivity index (χ1v) is 8.55. The molecule has 23 heavy (non-hydrogen) atoms. The average molecular weight is 334 g/mol. The Balaban J connectivity index is 1.94. The Bertz CT molecular complexity index is 638. The Hall–Kier alpha value is -1.92. The van der Waals surface area contributed by atoms with Gasteiger partial charge in [-0.2, -0.15) is 0 Å². The highest BCUT2D eigenvalue weighted by molar-refractivity contribution is 7.13. The lowest BCUT2D eigenvalue weighted by Crippen LogP contribution is -3.09. The molecular weight excluding hydrogens is 310 g/mol. The van der Waals surface area contributed by atoms with Crippen LogP contribution in [0.5, 0.6) is 5.75 Å². The molecule has 1 atom stereocenters. The van der Waals surface area contributed by atoms with Gasteiger partial charge in [-0.3, -0.25) is 4.79 Å². The molecule has 0 radical (unpaired) electrons. The summed E-state index contributed by atoms with van der Waals surface area (Å²) in [5.41, 5.74) is 2.09. The summed E-state index contributed by atoms with van der Waals surface area (Å²) in [5, 5.41) is 5.96. The van der Waals surface area contributed by atoms with Crippen molar-refractivity contribution in [1.82, 2.24) is 10.3 Å². The van der Waals surface area contributed by atoms with Crippen LogP contribution in [0.15, 0.2) is 29.6 Å². The normalized spacial score (nSPS) is 12.2. The number of hydrogen-bond donors (Lipinski definition) is 2. The van der Waals surface area contributed by atoms with E-state index in [1.807, 2.05) is 45.2 Å². The average Bonchev–Trinajstić information content (AvgIpc) is 2.94. The van der Waals surface area contributed by atoms with Gasteiger partial charge in [0.1, 0.15) is 23.0 Å². The van der Waals surface area contributed by atoms with Gasteiger partial charge in [-0.15, -0.1) is 11.3 Å². The van der Waals surface area contributed by atoms with Gasteiger partial charge in [0.2, 0.25) is 0 Å². The zero-order valence-corrected chi connectivity index (χ0v) is 14.9. The van der Waals surface area contributed by atoms with Crippen molar-refractivity contribution >= 4 is 17.2 Å². The van der Waals surface area contributed by atoms with Gasteiger partial charge in [0.05, 0.1) is 14.2 Å². The maximum atomic E-state index is 11.8. The Morgan fingerprint density at radius 3 is 2.65 bits per heavy atom. The molecule has 0 bridgehead atoms. The molecule has 2 N–H and O–H groups in total. The predicted molar refractivity (Wildman–Crippen MR) is 92.8 cm³/mol. The number of carbonyl (C=O) groups excluding carboxylic acids is 1. The number of thiazole rings is 1. The zero-order chi connectivity index (χ0) is 16.8. The SMILES string of the molecule is COc1ccc(-c2nc(C[NH+](C)CC(=O)NC(C)C)cs2)cc1. The molecule has 5 nitrogen and oxygen atoms in total. The molecule has 2 aromatic rings. The Morgan fingerprint density at radius 2 is 2.04 bits per heavy atom. The monoisotopic (exact) mass is 334 g/mol. The summed E-state index contributed by atoms with van der Waals surface area (Å²) < 4.78 is 5.17. The van der Waals surface area contributed by atoms with Crippen LogP contribution in [-0.4, -0.2) is 37.6 Å². The number of aromatic nitrogens is 1. The quantitative estimate of drug-likeness (QED) is 0.804. The van der Waals surface area contributed by atoms with Gasteiger partial charge in [0, 0.05) is 17.0 Å². The zero-order valence-electron chi connectivity index (χ0n) is 14.1. The van der Waals surface area contributed by atoms with E-state index in [4.69, 9.17) is 4.74 Å². The molecule has 1 amide bonds. The highest BCUT2D eigenvalue weighted by Crippen LogP contribution is 2.25. The van der Waals surface area contributed by atoms with Crippen LogP contribution in [0.4, 0.5) is 0 Å². The number of nitrogens with zero attached hydrogens (tertiary/aromatic N) is 1. The third-order valence-electron chi connectivity index (χ3n) is 3.28. The second-order valence-electron chi connectivity index (χ2n) is 5.91. The van der Waals surface area contributed by atoms with Crippen LogP contribution in [-0.2, 0) is 11.3 Å². The fraction of sp³-hybridized carbons (Fsp3) is 0.412. The number of ether oxygens (including phenoxy) is 1. The first-order chi connectivity index (χ1) is 11.0. The van der Waals surface area contributed by atoms with Crippen LogP contribution in [0.25, 0.3) is 10.6 Å². The molecule has 1 aromatic heterocycles. The van der Waals surface area contributed by atoms with Gasteiger partial charge in [-0.05, 0) is 38.1 Å². The van der Waals surface area contributed by atoms with Gasteiger partial charge < -0.3 is 15.0 Å². The van der Waals surface area contributed by atoms with Crippen LogP contribution in [0.2, 0.25) is 0 Å². The minimum absolute atomic E-state index is 0.0723. The number of quaternary nitrogens is 1. The number of likely N-dealkylation sites (N-methyl/N-ethyl adjacent to an activating group) is 1. The number of hydrogen-bond acceptors (Lipinski definition) is 4. The van der Waals surface area contributed by atoms with E-state index >= 15 is 0 Å². The molecule has 0 spiro atoms. The van der Waals surface area contributed by atoms with E-state index in [0.29, 0.717) is 6.54 Å². The minimum Gasteiger partial charge on any atom is -0.497 e. The molecule has 0 fully saturated rings. The van der Waals surface area contributed by atoms with Gasteiger partial charge in [-0.1, -0.05) is 0 Å². The van der Waals surface area contributed by atoms with Gasteiger partial charge in [0.15, 0.2) is 6.54 Å². The molecule has 0 aliphatic heterocycles. The molecule has 0 saturated carbocycles. The second-order valence-corrected chi connectivity index (χ2v) is 6.76. The number of nitrogens with one attached hydrogen (secondary N) is 2. The van der Waals surface area contributed by atoms with Crippen LogP contribution >= 0.6 is 11.3 Å². The smallest absolute Gasteiger partial charge is 0.275 e. The van der Waals surface area contributed by atoms with Gasteiger partial charge in [-0.25, -0.2) is 4.98 Å². The minimum atomic E-state index is 0.0723. The fourth-order valence-electron chi connectivity index (χ4n) is 2.27. The number of amides is 1. The maximum Gasteiger partial charge on any atom is 0.275 e. The molecule has 0 aliphatic carbocycles. The largest absolute Gasteiger partial charge is 0.497 e. The summed E-state index contributed by atoms with van der Waals surface area (Å²) in [6.07, 6.45) is 0. The van der Waals surface area contributed by atoms with E-state index in [0.717, 1.165) is 33.5 Å². The number of rotatable bonds is 7. The van der Waals surface area contributed by atoms with E-state index in [-0.39, 0.29) is 11.9 Å². The van der Waals surface area contributed by atoms with Gasteiger partial charge in [0.25, 0.3) is 5.91 Å². The van der Waals surface area contributed by atoms with Crippen molar-refractivity contribution in [3.05, 3.63) is 35.3 Å². The van der Waals surface area contributed by atoms with E-state index in [2.05, 4.69) is 15.7 Å². The lowest BCUT2D eigenvalue weighted by Gasteiger charge is -2.13. The molecule has 6 heteroatoms. The third-order valence-corrected chi connectivity index (χ3v) is 4.22. The predicted octanol–water partition coefficient (Wildman–Crippen LogP) is 1.36. The summed E-state index contributed by atoms with van der Waals surface area (Å²) in [6, 6.07) is 8.06. The molecule has 124 valence electrons. The molecule has 0 aliphatic rings.